The number of halogens is 2. The average Bonchev–Trinajstić information content (AvgIpc) is 2.98. The predicted octanol–water partition coefficient (Wildman–Crippen LogP) is 3.76. The lowest BCUT2D eigenvalue weighted by Crippen LogP contribution is -2.38. The van der Waals surface area contributed by atoms with Crippen molar-refractivity contribution in [2.24, 2.45) is 17.6 Å². The molecule has 1 aliphatic heterocycles. The third-order valence-corrected chi connectivity index (χ3v) is 5.92. The Labute approximate surface area is 166 Å². The van der Waals surface area contributed by atoms with Crippen LogP contribution >= 0.6 is 24.8 Å². The molecule has 2 aromatic rings. The van der Waals surface area contributed by atoms with E-state index >= 15 is 0 Å². The van der Waals surface area contributed by atoms with Gasteiger partial charge in [-0.1, -0.05) is 19.4 Å². The van der Waals surface area contributed by atoms with Gasteiger partial charge >= 0.3 is 5.63 Å². The topological polar surface area (TPSA) is 59.5 Å². The van der Waals surface area contributed by atoms with Crippen molar-refractivity contribution in [1.82, 2.24) is 4.90 Å². The highest BCUT2D eigenvalue weighted by Crippen LogP contribution is 2.36. The van der Waals surface area contributed by atoms with Crippen molar-refractivity contribution in [3.8, 4) is 0 Å². The second kappa shape index (κ2) is 8.75. The Balaban J connectivity index is 0.00000121. The second-order valence-electron chi connectivity index (χ2n) is 7.49. The summed E-state index contributed by atoms with van der Waals surface area (Å²) >= 11 is 0. The molecule has 0 spiro atoms. The van der Waals surface area contributed by atoms with Gasteiger partial charge in [0.25, 0.3) is 0 Å². The maximum absolute atomic E-state index is 11.9. The second-order valence-corrected chi connectivity index (χ2v) is 7.49. The molecular weight excluding hydrogens is 371 g/mol. The summed E-state index contributed by atoms with van der Waals surface area (Å²) in [6.07, 6.45) is 4.70. The first-order chi connectivity index (χ1) is 11.6. The zero-order chi connectivity index (χ0) is 16.7. The van der Waals surface area contributed by atoms with E-state index < -0.39 is 0 Å². The molecule has 1 aromatic heterocycles. The monoisotopic (exact) mass is 398 g/mol. The molecule has 1 aromatic carbocycles. The quantitative estimate of drug-likeness (QED) is 0.799. The van der Waals surface area contributed by atoms with Crippen LogP contribution < -0.4 is 11.4 Å². The van der Waals surface area contributed by atoms with E-state index in [1.807, 2.05) is 12.1 Å². The molecule has 0 bridgehead atoms. The number of nitrogens with two attached hydrogens (primary N) is 1. The molecule has 2 heterocycles. The van der Waals surface area contributed by atoms with Crippen LogP contribution in [-0.2, 0) is 13.0 Å². The Morgan fingerprint density at radius 2 is 2.00 bits per heavy atom. The van der Waals surface area contributed by atoms with E-state index in [0.29, 0.717) is 17.5 Å². The van der Waals surface area contributed by atoms with Gasteiger partial charge in [0, 0.05) is 37.1 Å². The molecule has 2 fully saturated rings. The standard InChI is InChI=1S/C20H26N2O2.2ClH/c1-2-13-6-7-19-16(8-13)15(9-20(23)24-19)11-22-10-14-4-3-5-18(21)17(14)12-22;;/h6-9,14,17-18H,2-5,10-12,21H2,1H3;2*1H/t14-,17+,18-;;/m1../s1. The van der Waals surface area contributed by atoms with Crippen molar-refractivity contribution in [2.45, 2.75) is 45.2 Å². The minimum Gasteiger partial charge on any atom is -0.423 e. The summed E-state index contributed by atoms with van der Waals surface area (Å²) in [7, 11) is 0. The van der Waals surface area contributed by atoms with Crippen molar-refractivity contribution in [3.05, 3.63) is 45.8 Å². The predicted molar refractivity (Wildman–Crippen MR) is 110 cm³/mol. The van der Waals surface area contributed by atoms with Crippen molar-refractivity contribution < 1.29 is 4.42 Å². The molecule has 1 saturated heterocycles. The number of nitrogens with zero attached hydrogens (tertiary/aromatic N) is 1. The highest BCUT2D eigenvalue weighted by molar-refractivity contribution is 5.85. The summed E-state index contributed by atoms with van der Waals surface area (Å²) in [5, 5.41) is 1.08. The third-order valence-electron chi connectivity index (χ3n) is 5.92. The van der Waals surface area contributed by atoms with Gasteiger partial charge in [0.15, 0.2) is 0 Å². The molecule has 1 saturated carbocycles. The Morgan fingerprint density at radius 3 is 2.73 bits per heavy atom. The Hall–Kier alpha value is -1.07. The minimum atomic E-state index is -0.255. The van der Waals surface area contributed by atoms with Crippen LogP contribution in [0.5, 0.6) is 0 Å². The van der Waals surface area contributed by atoms with Gasteiger partial charge in [-0.2, -0.15) is 0 Å². The van der Waals surface area contributed by atoms with Gasteiger partial charge in [0.2, 0.25) is 0 Å². The summed E-state index contributed by atoms with van der Waals surface area (Å²) in [5.74, 6) is 1.35. The van der Waals surface area contributed by atoms with Crippen molar-refractivity contribution in [3.63, 3.8) is 0 Å². The lowest BCUT2D eigenvalue weighted by Gasteiger charge is -2.29. The first-order valence-corrected chi connectivity index (χ1v) is 9.17. The van der Waals surface area contributed by atoms with Crippen LogP contribution in [0, 0.1) is 11.8 Å². The first kappa shape index (κ1) is 21.2. The normalized spacial score (nSPS) is 25.4. The van der Waals surface area contributed by atoms with Crippen LogP contribution in [0.25, 0.3) is 11.0 Å². The zero-order valence-electron chi connectivity index (χ0n) is 15.1. The van der Waals surface area contributed by atoms with Crippen LogP contribution in [-0.4, -0.2) is 24.0 Å². The fraction of sp³-hybridized carbons (Fsp3) is 0.550. The molecule has 144 valence electrons. The lowest BCUT2D eigenvalue weighted by molar-refractivity contribution is 0.259. The highest BCUT2D eigenvalue weighted by atomic mass is 35.5. The number of likely N-dealkylation sites (tertiary alicyclic amines) is 1. The molecule has 3 atom stereocenters. The van der Waals surface area contributed by atoms with Crippen LogP contribution in [0.1, 0.15) is 37.3 Å². The smallest absolute Gasteiger partial charge is 0.336 e. The van der Waals surface area contributed by atoms with Gasteiger partial charge < -0.3 is 10.2 Å². The van der Waals surface area contributed by atoms with Gasteiger partial charge in [-0.25, -0.2) is 4.79 Å². The van der Waals surface area contributed by atoms with Crippen LogP contribution in [0.4, 0.5) is 0 Å². The molecule has 6 heteroatoms. The van der Waals surface area contributed by atoms with Gasteiger partial charge in [-0.3, -0.25) is 4.90 Å². The molecule has 1 aliphatic carbocycles. The summed E-state index contributed by atoms with van der Waals surface area (Å²) < 4.78 is 5.38. The maximum Gasteiger partial charge on any atom is 0.336 e. The van der Waals surface area contributed by atoms with Crippen molar-refractivity contribution >= 4 is 35.8 Å². The third kappa shape index (κ3) is 4.09. The van der Waals surface area contributed by atoms with E-state index in [0.717, 1.165) is 49.3 Å². The molecule has 0 radical (unpaired) electrons. The molecule has 0 amide bonds. The van der Waals surface area contributed by atoms with Crippen LogP contribution in [0.15, 0.2) is 33.5 Å². The highest BCUT2D eigenvalue weighted by Gasteiger charge is 2.38. The number of aryl methyl sites for hydroxylation is 1. The number of benzene rings is 1. The van der Waals surface area contributed by atoms with Gasteiger partial charge in [-0.05, 0) is 54.4 Å². The molecular formula is C20H28Cl2N2O2. The first-order valence-electron chi connectivity index (χ1n) is 9.17. The van der Waals surface area contributed by atoms with E-state index in [9.17, 15) is 4.79 Å². The SMILES string of the molecule is CCc1ccc2oc(=O)cc(CN3C[C@H]4CCC[C@@H](N)[C@H]4C3)c2c1.Cl.Cl. The summed E-state index contributed by atoms with van der Waals surface area (Å²) in [5.41, 5.74) is 9.14. The number of hydrogen-bond donors (Lipinski definition) is 1. The molecule has 4 nitrogen and oxygen atoms in total. The largest absolute Gasteiger partial charge is 0.423 e. The van der Waals surface area contributed by atoms with E-state index in [-0.39, 0.29) is 30.4 Å². The van der Waals surface area contributed by atoms with Crippen LogP contribution in [0.2, 0.25) is 0 Å². The van der Waals surface area contributed by atoms with Crippen molar-refractivity contribution in [1.29, 1.82) is 0 Å². The Bertz CT molecular complexity index is 808. The van der Waals surface area contributed by atoms with Gasteiger partial charge in [0.1, 0.15) is 5.58 Å². The van der Waals surface area contributed by atoms with E-state index in [4.69, 9.17) is 10.2 Å². The molecule has 4 rings (SSSR count). The lowest BCUT2D eigenvalue weighted by atomic mass is 9.78. The summed E-state index contributed by atoms with van der Waals surface area (Å²) in [6.45, 7) is 5.12. The molecule has 2 N–H and O–H groups in total. The van der Waals surface area contributed by atoms with E-state index in [2.05, 4.69) is 17.9 Å². The van der Waals surface area contributed by atoms with E-state index in [1.54, 1.807) is 6.07 Å². The number of hydrogen-bond acceptors (Lipinski definition) is 4. The molecule has 26 heavy (non-hydrogen) atoms. The Morgan fingerprint density at radius 1 is 1.19 bits per heavy atom. The average molecular weight is 399 g/mol. The number of fused-ring (bicyclic) bond motifs is 2. The van der Waals surface area contributed by atoms with E-state index in [1.165, 1.54) is 18.4 Å². The van der Waals surface area contributed by atoms with Crippen molar-refractivity contribution in [2.75, 3.05) is 13.1 Å². The van der Waals surface area contributed by atoms with Gasteiger partial charge in [-0.15, -0.1) is 24.8 Å². The zero-order valence-corrected chi connectivity index (χ0v) is 16.8. The molecule has 0 unspecified atom stereocenters. The fourth-order valence-electron chi connectivity index (χ4n) is 4.60. The fourth-order valence-corrected chi connectivity index (χ4v) is 4.60. The van der Waals surface area contributed by atoms with Gasteiger partial charge in [0.05, 0.1) is 0 Å². The minimum absolute atomic E-state index is 0. The maximum atomic E-state index is 11.9. The Kier molecular flexibility index (Phi) is 7.14. The molecule has 2 aliphatic rings. The van der Waals surface area contributed by atoms with Crippen LogP contribution in [0.3, 0.4) is 0 Å². The summed E-state index contributed by atoms with van der Waals surface area (Å²) in [4.78, 5) is 14.4. The summed E-state index contributed by atoms with van der Waals surface area (Å²) in [6, 6.07) is 8.15. The number of rotatable bonds is 3.